The number of allylic oxidation sites excluding steroid dienone is 1. The molecule has 3 N–H and O–H groups in total. The Kier molecular flexibility index (Phi) is 10.2. The van der Waals surface area contributed by atoms with E-state index in [0.717, 1.165) is 28.5 Å². The van der Waals surface area contributed by atoms with Crippen LogP contribution in [0, 0.1) is 11.3 Å². The number of hydrogen-bond donors (Lipinski definition) is 3. The number of hydrogen-bond acceptors (Lipinski definition) is 7. The molecule has 1 saturated carbocycles. The van der Waals surface area contributed by atoms with Gasteiger partial charge >= 0.3 is 12.1 Å². The number of nitrogens with one attached hydrogen (secondary N) is 2. The lowest BCUT2D eigenvalue weighted by molar-refractivity contribution is -0.145. The number of alkyl carbamates (subject to hydrolysis) is 1. The molecule has 2 fully saturated rings. The molecule has 3 heterocycles. The van der Waals surface area contributed by atoms with Crippen molar-refractivity contribution in [3.63, 3.8) is 0 Å². The van der Waals surface area contributed by atoms with Gasteiger partial charge in [0.05, 0.1) is 24.4 Å². The van der Waals surface area contributed by atoms with Crippen LogP contribution in [0.3, 0.4) is 0 Å². The van der Waals surface area contributed by atoms with E-state index in [1.54, 1.807) is 0 Å². The molecule has 0 spiro atoms. The molecule has 0 unspecified atom stereocenters. The SMILES string of the molecule is C=C[C@H]1C[C@]1(NC(=O)[C@@H]1C[C@@H]2CN1C(=O)[C@H](CCCC)NC(=O)OCC(C)(C)C/C=C/c1ccc3nc(-c4ccccc4)cc(c3c1)O2)C(=O)O. The van der Waals surface area contributed by atoms with Crippen LogP contribution in [0.25, 0.3) is 28.2 Å². The lowest BCUT2D eigenvalue weighted by atomic mass is 9.90. The first-order chi connectivity index (χ1) is 24.4. The number of aliphatic carboxylic acids is 1. The number of carboxylic acid groups (broad SMARTS) is 1. The van der Waals surface area contributed by atoms with Crippen molar-refractivity contribution in [3.05, 3.63) is 78.9 Å². The Morgan fingerprint density at radius 1 is 1.16 bits per heavy atom. The third kappa shape index (κ3) is 7.77. The summed E-state index contributed by atoms with van der Waals surface area (Å²) >= 11 is 0. The Morgan fingerprint density at radius 2 is 1.94 bits per heavy atom. The minimum atomic E-state index is -1.48. The van der Waals surface area contributed by atoms with E-state index >= 15 is 0 Å². The minimum absolute atomic E-state index is 0.0400. The number of cyclic esters (lactones) is 1. The van der Waals surface area contributed by atoms with Crippen LogP contribution in [0.5, 0.6) is 5.75 Å². The molecule has 51 heavy (non-hydrogen) atoms. The standard InChI is InChI=1S/C40H46N4O7/c1-5-7-15-31-36(46)44-23-28(20-33(44)35(45)43-40(37(47)48)22-27(40)6-2)51-34-21-32(26-13-9-8-10-14-26)41-30-17-16-25(19-29(30)34)12-11-18-39(3,4)24-50-38(49)42-31/h6,8-14,16-17,19,21,27-28,31,33H,2,5,7,15,18,20,22-24H2,1,3-4H3,(H,42,49)(H,43,45)(H,47,48)/b12-11+/t27-,28+,31-,33-,40+/m0/s1. The lowest BCUT2D eigenvalue weighted by Gasteiger charge is -2.29. The van der Waals surface area contributed by atoms with E-state index in [2.05, 4.69) is 17.2 Å². The molecular weight excluding hydrogens is 648 g/mol. The predicted molar refractivity (Wildman–Crippen MR) is 194 cm³/mol. The molecule has 6 rings (SSSR count). The number of ether oxygens (including phenoxy) is 2. The van der Waals surface area contributed by atoms with Crippen molar-refractivity contribution < 1.29 is 33.8 Å². The Balaban J connectivity index is 1.42. The van der Waals surface area contributed by atoms with E-state index in [1.807, 2.05) is 87.5 Å². The first-order valence-electron chi connectivity index (χ1n) is 17.7. The zero-order chi connectivity index (χ0) is 36.3. The van der Waals surface area contributed by atoms with Gasteiger partial charge in [-0.3, -0.25) is 9.59 Å². The Bertz CT molecular complexity index is 1860. The summed E-state index contributed by atoms with van der Waals surface area (Å²) in [7, 11) is 0. The third-order valence-corrected chi connectivity index (χ3v) is 10.0. The van der Waals surface area contributed by atoms with E-state index < -0.39 is 58.9 Å². The van der Waals surface area contributed by atoms with Gasteiger partial charge in [-0.05, 0) is 37.0 Å². The number of nitrogens with zero attached hydrogens (tertiary/aromatic N) is 2. The van der Waals surface area contributed by atoms with Crippen molar-refractivity contribution in [2.45, 2.75) is 83.0 Å². The summed E-state index contributed by atoms with van der Waals surface area (Å²) in [6.07, 6.45) is 6.94. The minimum Gasteiger partial charge on any atom is -0.488 e. The fourth-order valence-electron chi connectivity index (χ4n) is 6.93. The van der Waals surface area contributed by atoms with Crippen LogP contribution in [-0.2, 0) is 19.1 Å². The number of unbranched alkanes of at least 4 members (excludes halogenated alkanes) is 1. The molecule has 11 heteroatoms. The van der Waals surface area contributed by atoms with Crippen molar-refractivity contribution in [1.82, 2.24) is 20.5 Å². The quantitative estimate of drug-likeness (QED) is 0.239. The van der Waals surface area contributed by atoms with Crippen molar-refractivity contribution in [2.24, 2.45) is 11.3 Å². The maximum atomic E-state index is 14.4. The number of carbonyl (C=O) groups excluding carboxylic acids is 3. The molecule has 3 aliphatic rings. The second kappa shape index (κ2) is 14.6. The molecule has 3 amide bonds. The van der Waals surface area contributed by atoms with Gasteiger partial charge in [0.25, 0.3) is 0 Å². The van der Waals surface area contributed by atoms with Gasteiger partial charge in [-0.2, -0.15) is 0 Å². The van der Waals surface area contributed by atoms with Crippen molar-refractivity contribution in [1.29, 1.82) is 0 Å². The molecule has 0 radical (unpaired) electrons. The molecule has 4 bridgehead atoms. The summed E-state index contributed by atoms with van der Waals surface area (Å²) in [4.78, 5) is 60.1. The summed E-state index contributed by atoms with van der Waals surface area (Å²) < 4.78 is 12.4. The van der Waals surface area contributed by atoms with Crippen LogP contribution >= 0.6 is 0 Å². The highest BCUT2D eigenvalue weighted by Crippen LogP contribution is 2.45. The fourth-order valence-corrected chi connectivity index (χ4v) is 6.93. The largest absolute Gasteiger partial charge is 0.488 e. The van der Waals surface area contributed by atoms with Gasteiger partial charge in [-0.1, -0.05) is 88.2 Å². The second-order valence-electron chi connectivity index (χ2n) is 14.6. The van der Waals surface area contributed by atoms with Gasteiger partial charge in [0.1, 0.15) is 29.5 Å². The van der Waals surface area contributed by atoms with Crippen LogP contribution in [0.4, 0.5) is 4.79 Å². The zero-order valence-electron chi connectivity index (χ0n) is 29.4. The van der Waals surface area contributed by atoms with Gasteiger partial charge in [0.2, 0.25) is 11.8 Å². The Morgan fingerprint density at radius 3 is 2.65 bits per heavy atom. The molecule has 268 valence electrons. The molecule has 2 aromatic carbocycles. The highest BCUT2D eigenvalue weighted by atomic mass is 16.5. The monoisotopic (exact) mass is 694 g/mol. The van der Waals surface area contributed by atoms with Gasteiger partial charge in [-0.25, -0.2) is 14.6 Å². The molecule has 1 aliphatic carbocycles. The van der Waals surface area contributed by atoms with E-state index in [1.165, 1.54) is 11.0 Å². The maximum absolute atomic E-state index is 14.4. The molecule has 3 aromatic rings. The number of carboxylic acids is 1. The van der Waals surface area contributed by atoms with E-state index in [9.17, 15) is 24.3 Å². The normalized spacial score (nSPS) is 26.6. The summed E-state index contributed by atoms with van der Waals surface area (Å²) in [5.41, 5.74) is 1.39. The fraction of sp³-hybridized carbons (Fsp3) is 0.425. The average molecular weight is 695 g/mol. The van der Waals surface area contributed by atoms with Gasteiger partial charge in [0.15, 0.2) is 0 Å². The highest BCUT2D eigenvalue weighted by Gasteiger charge is 2.61. The Hall–Kier alpha value is -5.19. The molecule has 1 aromatic heterocycles. The average Bonchev–Trinajstić information content (AvgIpc) is 3.68. The van der Waals surface area contributed by atoms with E-state index in [0.29, 0.717) is 30.7 Å². The molecule has 1 saturated heterocycles. The van der Waals surface area contributed by atoms with E-state index in [-0.39, 0.29) is 26.0 Å². The number of fused-ring (bicyclic) bond motifs is 3. The molecule has 2 aliphatic heterocycles. The van der Waals surface area contributed by atoms with Gasteiger partial charge in [-0.15, -0.1) is 6.58 Å². The lowest BCUT2D eigenvalue weighted by Crippen LogP contribution is -2.56. The number of amides is 3. The van der Waals surface area contributed by atoms with Crippen molar-refractivity contribution >= 4 is 40.9 Å². The van der Waals surface area contributed by atoms with Crippen LogP contribution < -0.4 is 15.4 Å². The maximum Gasteiger partial charge on any atom is 0.407 e. The first-order valence-corrected chi connectivity index (χ1v) is 17.7. The highest BCUT2D eigenvalue weighted by molar-refractivity contribution is 5.96. The van der Waals surface area contributed by atoms with Crippen LogP contribution in [0.15, 0.2) is 73.3 Å². The number of aromatic nitrogens is 1. The molecule has 5 atom stereocenters. The number of carbonyl (C=O) groups is 4. The predicted octanol–water partition coefficient (Wildman–Crippen LogP) is 6.12. The zero-order valence-corrected chi connectivity index (χ0v) is 29.4. The van der Waals surface area contributed by atoms with Crippen LogP contribution in [0.2, 0.25) is 0 Å². The summed E-state index contributed by atoms with van der Waals surface area (Å²) in [5, 5.41) is 16.3. The van der Waals surface area contributed by atoms with E-state index in [4.69, 9.17) is 14.5 Å². The molecule has 11 nitrogen and oxygen atoms in total. The first kappa shape index (κ1) is 35.6. The molecular formula is C40H46N4O7. The smallest absolute Gasteiger partial charge is 0.407 e. The van der Waals surface area contributed by atoms with Crippen LogP contribution in [-0.4, -0.2) is 75.7 Å². The Labute approximate surface area is 298 Å². The number of benzene rings is 2. The summed E-state index contributed by atoms with van der Waals surface area (Å²) in [5.74, 6) is -2.09. The van der Waals surface area contributed by atoms with Crippen LogP contribution in [0.1, 0.15) is 64.9 Å². The van der Waals surface area contributed by atoms with Crippen molar-refractivity contribution in [3.8, 4) is 17.0 Å². The number of rotatable bonds is 8. The van der Waals surface area contributed by atoms with Crippen molar-refractivity contribution in [2.75, 3.05) is 13.2 Å². The van der Waals surface area contributed by atoms with Gasteiger partial charge in [0, 0.05) is 34.8 Å². The summed E-state index contributed by atoms with van der Waals surface area (Å²) in [6, 6.07) is 15.6. The topological polar surface area (TPSA) is 147 Å². The third-order valence-electron chi connectivity index (χ3n) is 10.0. The number of pyridine rings is 1. The summed E-state index contributed by atoms with van der Waals surface area (Å²) in [6.45, 7) is 9.87. The van der Waals surface area contributed by atoms with Gasteiger partial charge < -0.3 is 30.1 Å². The second-order valence-corrected chi connectivity index (χ2v) is 14.6.